The predicted molar refractivity (Wildman–Crippen MR) is 102 cm³/mol. The van der Waals surface area contributed by atoms with Crippen LogP contribution in [0.1, 0.15) is 22.9 Å². The molecule has 1 atom stereocenters. The Balaban J connectivity index is 1.93. The molecule has 0 saturated carbocycles. The molecule has 1 saturated heterocycles. The second kappa shape index (κ2) is 6.94. The van der Waals surface area contributed by atoms with Crippen molar-refractivity contribution >= 4 is 34.9 Å². The first kappa shape index (κ1) is 17.9. The number of aromatic nitrogens is 2. The van der Waals surface area contributed by atoms with Gasteiger partial charge in [-0.1, -0.05) is 22.8 Å². The fraction of sp³-hybridized carbons (Fsp3) is 0.100. The molecule has 1 fully saturated rings. The molecule has 0 radical (unpaired) electrons. The van der Waals surface area contributed by atoms with Crippen molar-refractivity contribution in [2.45, 2.75) is 13.0 Å². The quantitative estimate of drug-likeness (QED) is 0.413. The first-order valence-electron chi connectivity index (χ1n) is 8.37. The maximum atomic E-state index is 12.8. The molecule has 0 unspecified atom stereocenters. The van der Waals surface area contributed by atoms with Crippen molar-refractivity contribution in [2.24, 2.45) is 0 Å². The lowest BCUT2D eigenvalue weighted by atomic mass is 9.96. The Hall–Kier alpha value is -3.45. The van der Waals surface area contributed by atoms with Gasteiger partial charge in [0.15, 0.2) is 5.82 Å². The van der Waals surface area contributed by atoms with Crippen LogP contribution in [0.25, 0.3) is 5.76 Å². The molecule has 2 aromatic heterocycles. The van der Waals surface area contributed by atoms with E-state index in [9.17, 15) is 14.7 Å². The fourth-order valence-corrected chi connectivity index (χ4v) is 3.28. The van der Waals surface area contributed by atoms with Crippen molar-refractivity contribution in [3.63, 3.8) is 0 Å². The Morgan fingerprint density at radius 1 is 1.21 bits per heavy atom. The van der Waals surface area contributed by atoms with Gasteiger partial charge in [-0.05, 0) is 42.8 Å². The minimum Gasteiger partial charge on any atom is -0.507 e. The zero-order chi connectivity index (χ0) is 19.8. The predicted octanol–water partition coefficient (Wildman–Crippen LogP) is 3.66. The Morgan fingerprint density at radius 2 is 1.96 bits per heavy atom. The van der Waals surface area contributed by atoms with E-state index in [1.165, 1.54) is 11.1 Å². The number of carbonyl (C=O) groups is 2. The fourth-order valence-electron chi connectivity index (χ4n) is 3.15. The van der Waals surface area contributed by atoms with Gasteiger partial charge in [-0.2, -0.15) is 0 Å². The third-order valence-corrected chi connectivity index (χ3v) is 4.68. The summed E-state index contributed by atoms with van der Waals surface area (Å²) in [5.74, 6) is -1.26. The van der Waals surface area contributed by atoms with Crippen LogP contribution in [-0.2, 0) is 9.59 Å². The number of ketones is 1. The van der Waals surface area contributed by atoms with Crippen LogP contribution in [0.15, 0.2) is 65.0 Å². The van der Waals surface area contributed by atoms with Gasteiger partial charge in [0, 0.05) is 29.0 Å². The number of hydrogen-bond donors (Lipinski definition) is 1. The van der Waals surface area contributed by atoms with Crippen LogP contribution in [0.4, 0.5) is 5.82 Å². The van der Waals surface area contributed by atoms with E-state index in [2.05, 4.69) is 10.1 Å². The highest BCUT2D eigenvalue weighted by Crippen LogP contribution is 2.41. The number of halogens is 1. The number of Topliss-reactive ketones (excluding diaryl/α,β-unsaturated/α-hetero) is 1. The van der Waals surface area contributed by atoms with E-state index in [-0.39, 0.29) is 17.2 Å². The SMILES string of the molecule is Cc1cc(N2C(=O)C(=O)/C(=C(/O)c3ccc(Cl)cc3)[C@@H]2c2cccnc2)no1. The lowest BCUT2D eigenvalue weighted by Gasteiger charge is -2.22. The van der Waals surface area contributed by atoms with E-state index < -0.39 is 17.7 Å². The summed E-state index contributed by atoms with van der Waals surface area (Å²) in [5.41, 5.74) is 0.867. The van der Waals surface area contributed by atoms with E-state index >= 15 is 0 Å². The number of amides is 1. The number of aryl methyl sites for hydroxylation is 1. The second-order valence-corrected chi connectivity index (χ2v) is 6.69. The van der Waals surface area contributed by atoms with Crippen molar-refractivity contribution < 1.29 is 19.2 Å². The third kappa shape index (κ3) is 2.95. The van der Waals surface area contributed by atoms with Crippen molar-refractivity contribution in [3.05, 3.63) is 82.3 Å². The molecule has 3 heterocycles. The lowest BCUT2D eigenvalue weighted by molar-refractivity contribution is -0.132. The summed E-state index contributed by atoms with van der Waals surface area (Å²) >= 11 is 5.90. The maximum Gasteiger partial charge on any atom is 0.301 e. The zero-order valence-corrected chi connectivity index (χ0v) is 15.4. The number of pyridine rings is 1. The molecular weight excluding hydrogens is 382 g/mol. The molecule has 140 valence electrons. The van der Waals surface area contributed by atoms with E-state index in [4.69, 9.17) is 16.1 Å². The Bertz CT molecular complexity index is 1090. The summed E-state index contributed by atoms with van der Waals surface area (Å²) in [7, 11) is 0. The van der Waals surface area contributed by atoms with Crippen molar-refractivity contribution in [1.82, 2.24) is 10.1 Å². The summed E-state index contributed by atoms with van der Waals surface area (Å²) < 4.78 is 5.07. The highest BCUT2D eigenvalue weighted by molar-refractivity contribution is 6.51. The van der Waals surface area contributed by atoms with Gasteiger partial charge >= 0.3 is 5.91 Å². The Labute approximate surface area is 164 Å². The highest BCUT2D eigenvalue weighted by Gasteiger charge is 2.48. The van der Waals surface area contributed by atoms with Crippen LogP contribution >= 0.6 is 11.6 Å². The van der Waals surface area contributed by atoms with E-state index in [1.807, 2.05) is 0 Å². The van der Waals surface area contributed by atoms with Gasteiger partial charge in [0.05, 0.1) is 11.6 Å². The molecule has 28 heavy (non-hydrogen) atoms. The van der Waals surface area contributed by atoms with Crippen LogP contribution in [0, 0.1) is 6.92 Å². The van der Waals surface area contributed by atoms with Crippen molar-refractivity contribution in [1.29, 1.82) is 0 Å². The van der Waals surface area contributed by atoms with E-state index in [1.54, 1.807) is 55.6 Å². The first-order chi connectivity index (χ1) is 13.5. The largest absolute Gasteiger partial charge is 0.507 e. The first-order valence-corrected chi connectivity index (χ1v) is 8.75. The van der Waals surface area contributed by atoms with Crippen LogP contribution < -0.4 is 4.90 Å². The van der Waals surface area contributed by atoms with Crippen molar-refractivity contribution in [2.75, 3.05) is 4.90 Å². The monoisotopic (exact) mass is 395 g/mol. The smallest absolute Gasteiger partial charge is 0.301 e. The topological polar surface area (TPSA) is 96.5 Å². The van der Waals surface area contributed by atoms with Gasteiger partial charge in [0.25, 0.3) is 5.78 Å². The normalized spacial score (nSPS) is 18.6. The average Bonchev–Trinajstić information content (AvgIpc) is 3.24. The van der Waals surface area contributed by atoms with Gasteiger partial charge < -0.3 is 9.63 Å². The minimum atomic E-state index is -0.895. The highest BCUT2D eigenvalue weighted by atomic mass is 35.5. The van der Waals surface area contributed by atoms with Crippen LogP contribution in [0.2, 0.25) is 5.02 Å². The number of aliphatic hydroxyl groups is 1. The zero-order valence-electron chi connectivity index (χ0n) is 14.7. The number of benzene rings is 1. The Kier molecular flexibility index (Phi) is 4.44. The molecule has 0 aliphatic carbocycles. The summed E-state index contributed by atoms with van der Waals surface area (Å²) in [5, 5.41) is 15.2. The minimum absolute atomic E-state index is 0.0547. The molecule has 1 amide bonds. The molecule has 8 heteroatoms. The number of anilines is 1. The summed E-state index contributed by atoms with van der Waals surface area (Å²) in [4.78, 5) is 30.9. The molecule has 1 aliphatic heterocycles. The number of nitrogens with zero attached hydrogens (tertiary/aromatic N) is 3. The van der Waals surface area contributed by atoms with Crippen LogP contribution in [-0.4, -0.2) is 26.9 Å². The lowest BCUT2D eigenvalue weighted by Crippen LogP contribution is -2.29. The molecule has 0 bridgehead atoms. The van der Waals surface area contributed by atoms with Gasteiger partial charge in [0.1, 0.15) is 11.5 Å². The number of hydrogen-bond acceptors (Lipinski definition) is 6. The van der Waals surface area contributed by atoms with Gasteiger partial charge in [-0.15, -0.1) is 0 Å². The number of carbonyl (C=O) groups excluding carboxylic acids is 2. The summed E-state index contributed by atoms with van der Waals surface area (Å²) in [6.45, 7) is 1.68. The molecule has 0 spiro atoms. The molecule has 3 aromatic rings. The van der Waals surface area contributed by atoms with E-state index in [0.29, 0.717) is 21.9 Å². The molecule has 1 N–H and O–H groups in total. The van der Waals surface area contributed by atoms with Crippen LogP contribution in [0.3, 0.4) is 0 Å². The molecule has 7 nitrogen and oxygen atoms in total. The average molecular weight is 396 g/mol. The van der Waals surface area contributed by atoms with E-state index in [0.717, 1.165) is 0 Å². The number of aliphatic hydroxyl groups excluding tert-OH is 1. The maximum absolute atomic E-state index is 12.8. The van der Waals surface area contributed by atoms with Gasteiger partial charge in [-0.25, -0.2) is 0 Å². The number of rotatable bonds is 3. The molecular formula is C20H14ClN3O4. The van der Waals surface area contributed by atoms with Gasteiger partial charge in [-0.3, -0.25) is 19.5 Å². The standard InChI is InChI=1S/C20H14ClN3O4/c1-11-9-15(23-28-11)24-17(13-3-2-8-22-10-13)16(19(26)20(24)27)18(25)12-4-6-14(21)7-5-12/h2-10,17,25H,1H3/b18-16+/t17-/m0/s1. The second-order valence-electron chi connectivity index (χ2n) is 6.26. The Morgan fingerprint density at radius 3 is 2.57 bits per heavy atom. The summed E-state index contributed by atoms with van der Waals surface area (Å²) in [6, 6.07) is 10.4. The van der Waals surface area contributed by atoms with Gasteiger partial charge in [0.2, 0.25) is 0 Å². The molecule has 1 aliphatic rings. The third-order valence-electron chi connectivity index (χ3n) is 4.42. The molecule has 4 rings (SSSR count). The summed E-state index contributed by atoms with van der Waals surface area (Å²) in [6.07, 6.45) is 3.11. The molecule has 1 aromatic carbocycles. The van der Waals surface area contributed by atoms with Crippen molar-refractivity contribution in [3.8, 4) is 0 Å². The van der Waals surface area contributed by atoms with Crippen LogP contribution in [0.5, 0.6) is 0 Å².